The van der Waals surface area contributed by atoms with Crippen molar-refractivity contribution < 1.29 is 9.18 Å². The average molecular weight is 326 g/mol. The Bertz CT molecular complexity index is 736. The van der Waals surface area contributed by atoms with Gasteiger partial charge in [0, 0.05) is 31.9 Å². The molecule has 2 aromatic rings. The highest BCUT2D eigenvalue weighted by molar-refractivity contribution is 5.79. The molecule has 1 saturated heterocycles. The van der Waals surface area contributed by atoms with Gasteiger partial charge in [-0.15, -0.1) is 0 Å². The van der Waals surface area contributed by atoms with Crippen LogP contribution in [0.4, 0.5) is 10.1 Å². The van der Waals surface area contributed by atoms with Crippen molar-refractivity contribution in [3.63, 3.8) is 0 Å². The zero-order valence-corrected chi connectivity index (χ0v) is 14.3. The number of carbonyl (C=O) groups is 1. The Morgan fingerprint density at radius 3 is 2.50 bits per heavy atom. The second-order valence-electron chi connectivity index (χ2n) is 6.46. The van der Waals surface area contributed by atoms with E-state index in [1.165, 1.54) is 28.9 Å². The van der Waals surface area contributed by atoms with E-state index < -0.39 is 0 Å². The standard InChI is InChI=1S/C20H23FN2O/c1-15-6-7-16(2)19(12-15)22-8-10-23(11-9-22)20(24)14-17-4-3-5-18(21)13-17/h3-7,12-13H,8-11,14H2,1-2H3. The van der Waals surface area contributed by atoms with Crippen LogP contribution in [0.1, 0.15) is 16.7 Å². The largest absolute Gasteiger partial charge is 0.368 e. The van der Waals surface area contributed by atoms with E-state index in [9.17, 15) is 9.18 Å². The number of benzene rings is 2. The molecule has 1 aliphatic heterocycles. The SMILES string of the molecule is Cc1ccc(C)c(N2CCN(C(=O)Cc3cccc(F)c3)CC2)c1. The zero-order valence-electron chi connectivity index (χ0n) is 14.3. The fraction of sp³-hybridized carbons (Fsp3) is 0.350. The van der Waals surface area contributed by atoms with Crippen LogP contribution >= 0.6 is 0 Å². The minimum Gasteiger partial charge on any atom is -0.368 e. The van der Waals surface area contributed by atoms with E-state index in [0.29, 0.717) is 13.1 Å². The van der Waals surface area contributed by atoms with E-state index in [1.54, 1.807) is 12.1 Å². The van der Waals surface area contributed by atoms with Gasteiger partial charge in [0.15, 0.2) is 0 Å². The summed E-state index contributed by atoms with van der Waals surface area (Å²) >= 11 is 0. The number of halogens is 1. The summed E-state index contributed by atoms with van der Waals surface area (Å²) in [6.45, 7) is 7.30. The number of hydrogen-bond acceptors (Lipinski definition) is 2. The van der Waals surface area contributed by atoms with Gasteiger partial charge >= 0.3 is 0 Å². The highest BCUT2D eigenvalue weighted by atomic mass is 19.1. The third kappa shape index (κ3) is 3.75. The van der Waals surface area contributed by atoms with E-state index in [1.807, 2.05) is 4.90 Å². The summed E-state index contributed by atoms with van der Waals surface area (Å²) in [5.41, 5.74) is 4.50. The summed E-state index contributed by atoms with van der Waals surface area (Å²) in [6, 6.07) is 12.8. The molecule has 0 aliphatic carbocycles. The Labute approximate surface area is 142 Å². The average Bonchev–Trinajstić information content (AvgIpc) is 2.57. The smallest absolute Gasteiger partial charge is 0.227 e. The lowest BCUT2D eigenvalue weighted by molar-refractivity contribution is -0.130. The Kier molecular flexibility index (Phi) is 4.84. The molecule has 4 heteroatoms. The first kappa shape index (κ1) is 16.5. The Morgan fingerprint density at radius 1 is 1.04 bits per heavy atom. The van der Waals surface area contributed by atoms with Gasteiger partial charge in [0.25, 0.3) is 0 Å². The lowest BCUT2D eigenvalue weighted by Gasteiger charge is -2.37. The summed E-state index contributed by atoms with van der Waals surface area (Å²) in [6.07, 6.45) is 0.265. The van der Waals surface area contributed by atoms with Crippen LogP contribution in [0.5, 0.6) is 0 Å². The summed E-state index contributed by atoms with van der Waals surface area (Å²) in [5, 5.41) is 0. The first-order valence-electron chi connectivity index (χ1n) is 8.37. The van der Waals surface area contributed by atoms with Crippen molar-refractivity contribution in [2.45, 2.75) is 20.3 Å². The van der Waals surface area contributed by atoms with Gasteiger partial charge in [0.2, 0.25) is 5.91 Å². The topological polar surface area (TPSA) is 23.6 Å². The van der Waals surface area contributed by atoms with Crippen molar-refractivity contribution in [2.24, 2.45) is 0 Å². The van der Waals surface area contributed by atoms with Crippen LogP contribution in [-0.4, -0.2) is 37.0 Å². The van der Waals surface area contributed by atoms with Gasteiger partial charge in [0.05, 0.1) is 6.42 Å². The maximum absolute atomic E-state index is 13.2. The zero-order chi connectivity index (χ0) is 17.1. The Morgan fingerprint density at radius 2 is 1.79 bits per heavy atom. The van der Waals surface area contributed by atoms with Crippen molar-refractivity contribution in [3.05, 3.63) is 65.0 Å². The number of nitrogens with zero attached hydrogens (tertiary/aromatic N) is 2. The van der Waals surface area contributed by atoms with Gasteiger partial charge < -0.3 is 9.80 Å². The van der Waals surface area contributed by atoms with Crippen LogP contribution in [0.2, 0.25) is 0 Å². The molecule has 1 amide bonds. The molecule has 0 spiro atoms. The molecule has 0 atom stereocenters. The molecule has 126 valence electrons. The molecule has 24 heavy (non-hydrogen) atoms. The van der Waals surface area contributed by atoms with Gasteiger partial charge in [-0.1, -0.05) is 24.3 Å². The van der Waals surface area contributed by atoms with Crippen LogP contribution in [-0.2, 0) is 11.2 Å². The molecular weight excluding hydrogens is 303 g/mol. The molecule has 0 N–H and O–H groups in total. The van der Waals surface area contributed by atoms with Gasteiger partial charge in [0.1, 0.15) is 5.82 Å². The van der Waals surface area contributed by atoms with Gasteiger partial charge in [-0.05, 0) is 48.7 Å². The molecule has 3 nitrogen and oxygen atoms in total. The fourth-order valence-corrected chi connectivity index (χ4v) is 3.19. The van der Waals surface area contributed by atoms with E-state index in [-0.39, 0.29) is 18.1 Å². The molecule has 1 fully saturated rings. The first-order valence-corrected chi connectivity index (χ1v) is 8.37. The lowest BCUT2D eigenvalue weighted by Crippen LogP contribution is -2.49. The minimum atomic E-state index is -0.292. The quantitative estimate of drug-likeness (QED) is 0.864. The summed E-state index contributed by atoms with van der Waals surface area (Å²) in [5.74, 6) is -0.221. The van der Waals surface area contributed by atoms with Crippen LogP contribution in [0, 0.1) is 19.7 Å². The van der Waals surface area contributed by atoms with Crippen LogP contribution in [0.15, 0.2) is 42.5 Å². The van der Waals surface area contributed by atoms with Crippen LogP contribution < -0.4 is 4.90 Å². The number of hydrogen-bond donors (Lipinski definition) is 0. The predicted molar refractivity (Wildman–Crippen MR) is 94.8 cm³/mol. The third-order valence-electron chi connectivity index (χ3n) is 4.58. The Balaban J connectivity index is 1.60. The molecule has 0 aromatic heterocycles. The van der Waals surface area contributed by atoms with E-state index >= 15 is 0 Å². The minimum absolute atomic E-state index is 0.0706. The molecule has 0 bridgehead atoms. The number of aryl methyl sites for hydroxylation is 2. The summed E-state index contributed by atoms with van der Waals surface area (Å²) in [4.78, 5) is 16.7. The lowest BCUT2D eigenvalue weighted by atomic mass is 10.1. The summed E-state index contributed by atoms with van der Waals surface area (Å²) in [7, 11) is 0. The second kappa shape index (κ2) is 7.04. The Hall–Kier alpha value is -2.36. The number of amides is 1. The molecule has 0 saturated carbocycles. The first-order chi connectivity index (χ1) is 11.5. The van der Waals surface area contributed by atoms with Crippen molar-refractivity contribution in [2.75, 3.05) is 31.1 Å². The molecule has 3 rings (SSSR count). The molecule has 0 radical (unpaired) electrons. The van der Waals surface area contributed by atoms with E-state index in [0.717, 1.165) is 18.7 Å². The molecule has 1 aliphatic rings. The van der Waals surface area contributed by atoms with Crippen molar-refractivity contribution in [1.82, 2.24) is 4.90 Å². The summed E-state index contributed by atoms with van der Waals surface area (Å²) < 4.78 is 13.2. The highest BCUT2D eigenvalue weighted by Gasteiger charge is 2.22. The van der Waals surface area contributed by atoms with Crippen molar-refractivity contribution >= 4 is 11.6 Å². The normalized spacial score (nSPS) is 14.8. The van der Waals surface area contributed by atoms with E-state index in [2.05, 4.69) is 36.9 Å². The molecule has 0 unspecified atom stereocenters. The highest BCUT2D eigenvalue weighted by Crippen LogP contribution is 2.23. The second-order valence-corrected chi connectivity index (χ2v) is 6.46. The maximum Gasteiger partial charge on any atom is 0.227 e. The van der Waals surface area contributed by atoms with E-state index in [4.69, 9.17) is 0 Å². The van der Waals surface area contributed by atoms with Crippen LogP contribution in [0.25, 0.3) is 0 Å². The van der Waals surface area contributed by atoms with Crippen molar-refractivity contribution in [3.8, 4) is 0 Å². The predicted octanol–water partition coefficient (Wildman–Crippen LogP) is 3.33. The fourth-order valence-electron chi connectivity index (χ4n) is 3.19. The number of piperazine rings is 1. The number of carbonyl (C=O) groups excluding carboxylic acids is 1. The van der Waals surface area contributed by atoms with Gasteiger partial charge in [-0.2, -0.15) is 0 Å². The molecule has 1 heterocycles. The maximum atomic E-state index is 13.2. The van der Waals surface area contributed by atoms with Gasteiger partial charge in [-0.3, -0.25) is 4.79 Å². The van der Waals surface area contributed by atoms with Gasteiger partial charge in [-0.25, -0.2) is 4.39 Å². The van der Waals surface area contributed by atoms with Crippen LogP contribution in [0.3, 0.4) is 0 Å². The monoisotopic (exact) mass is 326 g/mol. The van der Waals surface area contributed by atoms with Crippen molar-refractivity contribution in [1.29, 1.82) is 0 Å². The number of rotatable bonds is 3. The molecular formula is C20H23FN2O. The molecule has 2 aromatic carbocycles. The third-order valence-corrected chi connectivity index (χ3v) is 4.58. The number of anilines is 1.